The second-order valence-electron chi connectivity index (χ2n) is 5.64. The van der Waals surface area contributed by atoms with Gasteiger partial charge in [0.2, 0.25) is 11.5 Å². The molecule has 0 unspecified atom stereocenters. The zero-order valence-electron chi connectivity index (χ0n) is 13.6. The number of hydrogen-bond acceptors (Lipinski definition) is 5. The van der Waals surface area contributed by atoms with E-state index in [1.807, 2.05) is 0 Å². The van der Waals surface area contributed by atoms with E-state index in [4.69, 9.17) is 37.1 Å². The molecule has 4 rings (SSSR count). The number of ketones is 1. The van der Waals surface area contributed by atoms with Gasteiger partial charge in [-0.15, -0.1) is 0 Å². The van der Waals surface area contributed by atoms with Gasteiger partial charge in [-0.25, -0.2) is 4.79 Å². The molecule has 2 heterocycles. The van der Waals surface area contributed by atoms with Gasteiger partial charge >= 0.3 is 5.97 Å². The summed E-state index contributed by atoms with van der Waals surface area (Å²) >= 11 is 11.9. The maximum absolute atomic E-state index is 12.5. The lowest BCUT2D eigenvalue weighted by Crippen LogP contribution is -2.07. The van der Waals surface area contributed by atoms with E-state index < -0.39 is 5.97 Å². The van der Waals surface area contributed by atoms with Gasteiger partial charge in [0.15, 0.2) is 5.76 Å². The summed E-state index contributed by atoms with van der Waals surface area (Å²) in [7, 11) is 0. The molecule has 0 spiro atoms. The lowest BCUT2D eigenvalue weighted by molar-refractivity contribution is 0.0701. The van der Waals surface area contributed by atoms with E-state index in [0.717, 1.165) is 0 Å². The molecule has 0 atom stereocenters. The van der Waals surface area contributed by atoms with Crippen LogP contribution in [0.1, 0.15) is 26.5 Å². The van der Waals surface area contributed by atoms with Crippen molar-refractivity contribution < 1.29 is 23.5 Å². The van der Waals surface area contributed by atoms with E-state index in [9.17, 15) is 9.59 Å². The molecule has 0 saturated carbocycles. The van der Waals surface area contributed by atoms with E-state index in [1.54, 1.807) is 30.3 Å². The van der Waals surface area contributed by atoms with Crippen LogP contribution in [0.2, 0.25) is 10.0 Å². The summed E-state index contributed by atoms with van der Waals surface area (Å²) in [5.74, 6) is -0.170. The second kappa shape index (κ2) is 6.95. The molecule has 0 N–H and O–H groups in total. The lowest BCUT2D eigenvalue weighted by atomic mass is 10.1. The van der Waals surface area contributed by atoms with Crippen molar-refractivity contribution in [1.82, 2.24) is 0 Å². The van der Waals surface area contributed by atoms with Crippen LogP contribution in [0, 0.1) is 0 Å². The third-order valence-corrected chi connectivity index (χ3v) is 4.55. The van der Waals surface area contributed by atoms with Gasteiger partial charge in [-0.05, 0) is 48.0 Å². The average Bonchev–Trinajstić information content (AvgIpc) is 3.27. The molecule has 3 aromatic rings. The minimum atomic E-state index is -0.643. The topological polar surface area (TPSA) is 65.7 Å². The highest BCUT2D eigenvalue weighted by Crippen LogP contribution is 2.35. The highest BCUT2D eigenvalue weighted by atomic mass is 35.5. The molecule has 1 aliphatic rings. The Morgan fingerprint density at radius 1 is 1.04 bits per heavy atom. The van der Waals surface area contributed by atoms with Gasteiger partial charge in [0, 0.05) is 6.07 Å². The third-order valence-electron chi connectivity index (χ3n) is 3.82. The van der Waals surface area contributed by atoms with Crippen molar-refractivity contribution in [2.75, 3.05) is 0 Å². The number of ether oxygens (including phenoxy) is 2. The van der Waals surface area contributed by atoms with Gasteiger partial charge in [0.1, 0.15) is 11.5 Å². The normalized spacial score (nSPS) is 14.1. The first-order chi connectivity index (χ1) is 13.0. The zero-order chi connectivity index (χ0) is 19.0. The number of carbonyl (C=O) groups is 2. The molecule has 0 bridgehead atoms. The van der Waals surface area contributed by atoms with Crippen molar-refractivity contribution in [3.63, 3.8) is 0 Å². The molecular weight excluding hydrogens is 391 g/mol. The Balaban J connectivity index is 1.57. The highest BCUT2D eigenvalue weighted by Gasteiger charge is 2.28. The number of furan rings is 1. The van der Waals surface area contributed by atoms with Crippen LogP contribution in [0.3, 0.4) is 0 Å². The predicted octanol–water partition coefficient (Wildman–Crippen LogP) is 5.42. The van der Waals surface area contributed by atoms with Crippen LogP contribution in [0.25, 0.3) is 6.08 Å². The molecule has 0 saturated heterocycles. The molecule has 5 nitrogen and oxygen atoms in total. The Kier molecular flexibility index (Phi) is 4.48. The molecule has 7 heteroatoms. The van der Waals surface area contributed by atoms with Crippen molar-refractivity contribution in [3.05, 3.63) is 87.5 Å². The molecule has 2 aromatic carbocycles. The fraction of sp³-hybridized carbons (Fsp3) is 0. The molecule has 27 heavy (non-hydrogen) atoms. The summed E-state index contributed by atoms with van der Waals surface area (Å²) in [6.07, 6.45) is 2.94. The van der Waals surface area contributed by atoms with Crippen LogP contribution in [0.5, 0.6) is 11.5 Å². The van der Waals surface area contributed by atoms with Crippen LogP contribution >= 0.6 is 23.2 Å². The largest absolute Gasteiger partial charge is 0.457 e. The van der Waals surface area contributed by atoms with Crippen LogP contribution in [-0.2, 0) is 0 Å². The standard InChI is InChI=1S/C20H10Cl2O5/c21-14-6-3-11(8-15(14)22)9-18-19(23)13-5-4-12(10-17(13)27-18)26-20(24)16-2-1-7-25-16/h1-10H/b18-9+. The number of fused-ring (bicyclic) bond motifs is 1. The van der Waals surface area contributed by atoms with Crippen molar-refractivity contribution in [2.45, 2.75) is 0 Å². The number of benzene rings is 2. The predicted molar refractivity (Wildman–Crippen MR) is 99.5 cm³/mol. The average molecular weight is 401 g/mol. The van der Waals surface area contributed by atoms with Gasteiger partial charge in [0.25, 0.3) is 0 Å². The summed E-state index contributed by atoms with van der Waals surface area (Å²) in [6.45, 7) is 0. The molecular formula is C20H10Cl2O5. The van der Waals surface area contributed by atoms with Crippen LogP contribution in [0.15, 0.2) is 65.0 Å². The number of halogens is 2. The van der Waals surface area contributed by atoms with Crippen molar-refractivity contribution in [3.8, 4) is 11.5 Å². The first-order valence-electron chi connectivity index (χ1n) is 7.80. The number of rotatable bonds is 3. The van der Waals surface area contributed by atoms with E-state index in [0.29, 0.717) is 26.9 Å². The Hall–Kier alpha value is -3.02. The second-order valence-corrected chi connectivity index (χ2v) is 6.45. The van der Waals surface area contributed by atoms with Crippen LogP contribution in [0.4, 0.5) is 0 Å². The smallest absolute Gasteiger partial charge is 0.379 e. The Morgan fingerprint density at radius 3 is 2.63 bits per heavy atom. The fourth-order valence-corrected chi connectivity index (χ4v) is 2.84. The number of Topliss-reactive ketones (excluding diaryl/α,β-unsaturated/α-hetero) is 1. The molecule has 134 valence electrons. The van der Waals surface area contributed by atoms with E-state index in [1.165, 1.54) is 30.5 Å². The van der Waals surface area contributed by atoms with Crippen molar-refractivity contribution in [1.29, 1.82) is 0 Å². The number of allylic oxidation sites excluding steroid dienone is 1. The van der Waals surface area contributed by atoms with Crippen molar-refractivity contribution in [2.24, 2.45) is 0 Å². The molecule has 0 aliphatic carbocycles. The van der Waals surface area contributed by atoms with Gasteiger partial charge in [-0.1, -0.05) is 29.3 Å². The van der Waals surface area contributed by atoms with Crippen molar-refractivity contribution >= 4 is 41.0 Å². The third kappa shape index (κ3) is 3.47. The Bertz CT molecular complexity index is 1080. The maximum atomic E-state index is 12.5. The van der Waals surface area contributed by atoms with E-state index in [-0.39, 0.29) is 23.1 Å². The summed E-state index contributed by atoms with van der Waals surface area (Å²) in [6, 6.07) is 12.6. The molecule has 1 aliphatic heterocycles. The van der Waals surface area contributed by atoms with E-state index >= 15 is 0 Å². The minimum Gasteiger partial charge on any atom is -0.457 e. The summed E-state index contributed by atoms with van der Waals surface area (Å²) in [5, 5.41) is 0.796. The summed E-state index contributed by atoms with van der Waals surface area (Å²) in [4.78, 5) is 24.4. The minimum absolute atomic E-state index is 0.0766. The quantitative estimate of drug-likeness (QED) is 0.333. The molecule has 1 aromatic heterocycles. The van der Waals surface area contributed by atoms with Gasteiger partial charge in [-0.3, -0.25) is 4.79 Å². The van der Waals surface area contributed by atoms with Gasteiger partial charge in [0.05, 0.1) is 21.9 Å². The Labute approximate surface area is 163 Å². The van der Waals surface area contributed by atoms with Crippen LogP contribution < -0.4 is 9.47 Å². The molecule has 0 fully saturated rings. The summed E-state index contributed by atoms with van der Waals surface area (Å²) in [5.41, 5.74) is 1.05. The molecule has 0 amide bonds. The van der Waals surface area contributed by atoms with Gasteiger partial charge in [-0.2, -0.15) is 0 Å². The Morgan fingerprint density at radius 2 is 1.89 bits per heavy atom. The maximum Gasteiger partial charge on any atom is 0.379 e. The monoisotopic (exact) mass is 400 g/mol. The van der Waals surface area contributed by atoms with Crippen LogP contribution in [-0.4, -0.2) is 11.8 Å². The highest BCUT2D eigenvalue weighted by molar-refractivity contribution is 6.42. The number of carbonyl (C=O) groups excluding carboxylic acids is 2. The zero-order valence-corrected chi connectivity index (χ0v) is 15.1. The number of hydrogen-bond donors (Lipinski definition) is 0. The lowest BCUT2D eigenvalue weighted by Gasteiger charge is -2.04. The molecule has 0 radical (unpaired) electrons. The summed E-state index contributed by atoms with van der Waals surface area (Å²) < 4.78 is 15.8. The fourth-order valence-electron chi connectivity index (χ4n) is 2.54. The first kappa shape index (κ1) is 17.4. The van der Waals surface area contributed by atoms with Gasteiger partial charge < -0.3 is 13.9 Å². The first-order valence-corrected chi connectivity index (χ1v) is 8.56. The van der Waals surface area contributed by atoms with E-state index in [2.05, 4.69) is 0 Å². The SMILES string of the molecule is O=C(Oc1ccc2c(c1)O/C(=C/c1ccc(Cl)c(Cl)c1)C2=O)c1ccco1. The number of esters is 1.